The van der Waals surface area contributed by atoms with Gasteiger partial charge in [0.1, 0.15) is 13.2 Å². The molecule has 0 heterocycles. The molecule has 0 saturated heterocycles. The molecule has 5 heteroatoms. The molecule has 0 bridgehead atoms. The SMILES string of the molecule is C=CCOC(=O)C(CCC#N)C(=O)OCC=C. The molecule has 92 valence electrons. The topological polar surface area (TPSA) is 76.4 Å². The number of hydrogen-bond donors (Lipinski definition) is 0. The smallest absolute Gasteiger partial charge is 0.320 e. The van der Waals surface area contributed by atoms with Crippen LogP contribution in [-0.4, -0.2) is 25.2 Å². The van der Waals surface area contributed by atoms with Crippen molar-refractivity contribution in [2.45, 2.75) is 12.8 Å². The minimum absolute atomic E-state index is 0.0244. The maximum absolute atomic E-state index is 11.5. The Bertz CT molecular complexity index is 306. The lowest BCUT2D eigenvalue weighted by Gasteiger charge is -2.12. The molecule has 0 aromatic carbocycles. The Morgan fingerprint density at radius 2 is 1.65 bits per heavy atom. The normalized spacial score (nSPS) is 9.18. The molecular weight excluding hydrogens is 222 g/mol. The van der Waals surface area contributed by atoms with Crippen molar-refractivity contribution in [2.75, 3.05) is 13.2 Å². The lowest BCUT2D eigenvalue weighted by molar-refractivity contribution is -0.161. The van der Waals surface area contributed by atoms with E-state index in [1.807, 2.05) is 6.07 Å². The molecule has 0 aliphatic rings. The second-order valence-electron chi connectivity index (χ2n) is 3.09. The summed E-state index contributed by atoms with van der Waals surface area (Å²) < 4.78 is 9.52. The highest BCUT2D eigenvalue weighted by Crippen LogP contribution is 2.11. The van der Waals surface area contributed by atoms with Crippen molar-refractivity contribution >= 4 is 11.9 Å². The lowest BCUT2D eigenvalue weighted by atomic mass is 10.0. The van der Waals surface area contributed by atoms with E-state index in [9.17, 15) is 9.59 Å². The first-order valence-electron chi connectivity index (χ1n) is 5.09. The van der Waals surface area contributed by atoms with Gasteiger partial charge in [0, 0.05) is 6.42 Å². The molecule has 0 atom stereocenters. The molecule has 0 aromatic rings. The summed E-state index contributed by atoms with van der Waals surface area (Å²) in [4.78, 5) is 23.0. The number of esters is 2. The Labute approximate surface area is 100 Å². The predicted molar refractivity (Wildman–Crippen MR) is 60.6 cm³/mol. The monoisotopic (exact) mass is 237 g/mol. The van der Waals surface area contributed by atoms with Crippen molar-refractivity contribution in [1.29, 1.82) is 5.26 Å². The minimum atomic E-state index is -1.06. The van der Waals surface area contributed by atoms with Gasteiger partial charge in [0.25, 0.3) is 0 Å². The van der Waals surface area contributed by atoms with E-state index in [0.29, 0.717) is 0 Å². The summed E-state index contributed by atoms with van der Waals surface area (Å²) in [6.45, 7) is 6.83. The van der Waals surface area contributed by atoms with Crippen LogP contribution in [0.3, 0.4) is 0 Å². The molecule has 0 radical (unpaired) electrons. The molecule has 0 saturated carbocycles. The Balaban J connectivity index is 4.44. The summed E-state index contributed by atoms with van der Waals surface area (Å²) in [6.07, 6.45) is 2.96. The highest BCUT2D eigenvalue weighted by molar-refractivity contribution is 5.94. The summed E-state index contributed by atoms with van der Waals surface area (Å²) in [5, 5.41) is 8.44. The van der Waals surface area contributed by atoms with E-state index in [0.717, 1.165) is 0 Å². The second kappa shape index (κ2) is 9.16. The zero-order valence-corrected chi connectivity index (χ0v) is 9.55. The molecule has 0 aliphatic carbocycles. The van der Waals surface area contributed by atoms with Crippen molar-refractivity contribution in [3.8, 4) is 6.07 Å². The molecule has 0 amide bonds. The van der Waals surface area contributed by atoms with Gasteiger partial charge in [-0.1, -0.05) is 25.3 Å². The summed E-state index contributed by atoms with van der Waals surface area (Å²) >= 11 is 0. The second-order valence-corrected chi connectivity index (χ2v) is 3.09. The van der Waals surface area contributed by atoms with Gasteiger partial charge in [-0.25, -0.2) is 0 Å². The van der Waals surface area contributed by atoms with Crippen molar-refractivity contribution < 1.29 is 19.1 Å². The molecule has 5 nitrogen and oxygen atoms in total. The third kappa shape index (κ3) is 6.15. The van der Waals surface area contributed by atoms with E-state index >= 15 is 0 Å². The van der Waals surface area contributed by atoms with Crippen LogP contribution in [0.4, 0.5) is 0 Å². The summed E-state index contributed by atoms with van der Waals surface area (Å²) in [7, 11) is 0. The van der Waals surface area contributed by atoms with Gasteiger partial charge in [0.2, 0.25) is 0 Å². The third-order valence-corrected chi connectivity index (χ3v) is 1.80. The van der Waals surface area contributed by atoms with Gasteiger partial charge in [0.05, 0.1) is 6.07 Å². The molecule has 0 spiro atoms. The van der Waals surface area contributed by atoms with Crippen LogP contribution in [0.2, 0.25) is 0 Å². The first-order chi connectivity index (χ1) is 8.17. The molecule has 0 fully saturated rings. The molecule has 0 aliphatic heterocycles. The van der Waals surface area contributed by atoms with Crippen LogP contribution in [0.15, 0.2) is 25.3 Å². The highest BCUT2D eigenvalue weighted by atomic mass is 16.6. The van der Waals surface area contributed by atoms with Gasteiger partial charge >= 0.3 is 11.9 Å². The van der Waals surface area contributed by atoms with Gasteiger partial charge in [-0.3, -0.25) is 9.59 Å². The van der Waals surface area contributed by atoms with Crippen LogP contribution >= 0.6 is 0 Å². The summed E-state index contributed by atoms with van der Waals surface area (Å²) in [6, 6.07) is 1.86. The van der Waals surface area contributed by atoms with Crippen LogP contribution in [0.25, 0.3) is 0 Å². The quantitative estimate of drug-likeness (QED) is 0.362. The first kappa shape index (κ1) is 14.9. The Hall–Kier alpha value is -2.09. The number of rotatable bonds is 8. The van der Waals surface area contributed by atoms with Gasteiger partial charge < -0.3 is 9.47 Å². The molecule has 0 rings (SSSR count). The van der Waals surface area contributed by atoms with Crippen LogP contribution in [0.1, 0.15) is 12.8 Å². The van der Waals surface area contributed by atoms with Crippen molar-refractivity contribution in [3.63, 3.8) is 0 Å². The number of nitriles is 1. The third-order valence-electron chi connectivity index (χ3n) is 1.80. The lowest BCUT2D eigenvalue weighted by Crippen LogP contribution is -2.28. The summed E-state index contributed by atoms with van der Waals surface area (Å²) in [5.74, 6) is -2.46. The average molecular weight is 237 g/mol. The molecule has 0 aromatic heterocycles. The number of ether oxygens (including phenoxy) is 2. The predicted octanol–water partition coefficient (Wildman–Crippen LogP) is 1.36. The number of nitrogens with zero attached hydrogens (tertiary/aromatic N) is 1. The van der Waals surface area contributed by atoms with E-state index in [4.69, 9.17) is 14.7 Å². The highest BCUT2D eigenvalue weighted by Gasteiger charge is 2.28. The number of hydrogen-bond acceptors (Lipinski definition) is 5. The maximum Gasteiger partial charge on any atom is 0.320 e. The Morgan fingerprint density at radius 3 is 2.00 bits per heavy atom. The van der Waals surface area contributed by atoms with Crippen LogP contribution in [-0.2, 0) is 19.1 Å². The van der Waals surface area contributed by atoms with E-state index in [1.165, 1.54) is 12.2 Å². The Morgan fingerprint density at radius 1 is 1.18 bits per heavy atom. The zero-order chi connectivity index (χ0) is 13.1. The summed E-state index contributed by atoms with van der Waals surface area (Å²) in [5.41, 5.74) is 0. The van der Waals surface area contributed by atoms with Crippen LogP contribution < -0.4 is 0 Å². The van der Waals surface area contributed by atoms with Gasteiger partial charge in [-0.05, 0) is 6.42 Å². The fourth-order valence-corrected chi connectivity index (χ4v) is 1.02. The fourth-order valence-electron chi connectivity index (χ4n) is 1.02. The standard InChI is InChI=1S/C12H15NO4/c1-3-8-16-11(14)10(6-5-7-13)12(15)17-9-4-2/h3-4,10H,1-2,5-6,8-9H2. The molecular formula is C12H15NO4. The van der Waals surface area contributed by atoms with E-state index in [-0.39, 0.29) is 26.1 Å². The zero-order valence-electron chi connectivity index (χ0n) is 9.55. The van der Waals surface area contributed by atoms with Crippen LogP contribution in [0.5, 0.6) is 0 Å². The van der Waals surface area contributed by atoms with E-state index in [2.05, 4.69) is 13.2 Å². The number of carbonyl (C=O) groups is 2. The van der Waals surface area contributed by atoms with Crippen molar-refractivity contribution in [2.24, 2.45) is 5.92 Å². The average Bonchev–Trinajstić information content (AvgIpc) is 2.34. The largest absolute Gasteiger partial charge is 0.461 e. The first-order valence-corrected chi connectivity index (χ1v) is 5.09. The van der Waals surface area contributed by atoms with E-state index in [1.54, 1.807) is 0 Å². The van der Waals surface area contributed by atoms with E-state index < -0.39 is 17.9 Å². The molecule has 0 N–H and O–H groups in total. The van der Waals surface area contributed by atoms with Crippen LogP contribution in [0, 0.1) is 17.2 Å². The van der Waals surface area contributed by atoms with Gasteiger partial charge in [0.15, 0.2) is 5.92 Å². The fraction of sp³-hybridized carbons (Fsp3) is 0.417. The maximum atomic E-state index is 11.5. The van der Waals surface area contributed by atoms with Crippen molar-refractivity contribution in [1.82, 2.24) is 0 Å². The Kier molecular flexibility index (Phi) is 8.03. The van der Waals surface area contributed by atoms with Gasteiger partial charge in [-0.15, -0.1) is 0 Å². The van der Waals surface area contributed by atoms with Gasteiger partial charge in [-0.2, -0.15) is 5.26 Å². The minimum Gasteiger partial charge on any atom is -0.461 e. The molecule has 0 unspecified atom stereocenters. The molecule has 17 heavy (non-hydrogen) atoms. The van der Waals surface area contributed by atoms with Crippen molar-refractivity contribution in [3.05, 3.63) is 25.3 Å². The number of carbonyl (C=O) groups excluding carboxylic acids is 2.